The number of hydrogen-bond donors (Lipinski definition) is 2. The lowest BCUT2D eigenvalue weighted by molar-refractivity contribution is -0.120. The third kappa shape index (κ3) is 7.12. The van der Waals surface area contributed by atoms with Gasteiger partial charge in [0.25, 0.3) is 0 Å². The second-order valence-corrected chi connectivity index (χ2v) is 6.68. The molecule has 0 aromatic heterocycles. The van der Waals surface area contributed by atoms with E-state index in [-0.39, 0.29) is 12.5 Å². The predicted octanol–water partition coefficient (Wildman–Crippen LogP) is 4.01. The summed E-state index contributed by atoms with van der Waals surface area (Å²) >= 11 is 6.22. The monoisotopic (exact) mass is 368 g/mol. The second kappa shape index (κ2) is 11.2. The molecule has 0 bridgehead atoms. The van der Waals surface area contributed by atoms with Crippen LogP contribution in [0.4, 0.5) is 5.69 Å². The molecule has 6 heteroatoms. The topological polar surface area (TPSA) is 59.6 Å². The summed E-state index contributed by atoms with van der Waals surface area (Å²) in [5.41, 5.74) is 0.722. The van der Waals surface area contributed by atoms with Crippen molar-refractivity contribution in [3.8, 4) is 5.75 Å². The standard InChI is InChI=1S/C19H29ClN2O3/c1-2-24-12-13-25-19-16(20)10-7-11-17(19)21-14-18(23)22-15-8-5-3-4-6-9-15/h7,10-11,15,21H,2-6,8-9,12-14H2,1H3,(H,22,23). The van der Waals surface area contributed by atoms with Crippen LogP contribution >= 0.6 is 11.6 Å². The molecule has 1 fully saturated rings. The normalized spacial score (nSPS) is 15.4. The van der Waals surface area contributed by atoms with Gasteiger partial charge in [0.05, 0.1) is 23.9 Å². The maximum atomic E-state index is 12.2. The van der Waals surface area contributed by atoms with Gasteiger partial charge in [-0.25, -0.2) is 0 Å². The van der Waals surface area contributed by atoms with Gasteiger partial charge < -0.3 is 20.1 Å². The van der Waals surface area contributed by atoms with E-state index in [9.17, 15) is 4.79 Å². The SMILES string of the molecule is CCOCCOc1c(Cl)cccc1NCC(=O)NC1CCCCCC1. The Morgan fingerprint density at radius 3 is 2.68 bits per heavy atom. The first-order chi connectivity index (χ1) is 12.2. The minimum absolute atomic E-state index is 0.00661. The lowest BCUT2D eigenvalue weighted by Gasteiger charge is -2.18. The van der Waals surface area contributed by atoms with Gasteiger partial charge in [-0.3, -0.25) is 4.79 Å². The van der Waals surface area contributed by atoms with Crippen molar-refractivity contribution < 1.29 is 14.3 Å². The number of amides is 1. The molecule has 25 heavy (non-hydrogen) atoms. The van der Waals surface area contributed by atoms with Crippen LogP contribution in [0.3, 0.4) is 0 Å². The van der Waals surface area contributed by atoms with Gasteiger partial charge in [0, 0.05) is 12.6 Å². The summed E-state index contributed by atoms with van der Waals surface area (Å²) in [6, 6.07) is 5.77. The van der Waals surface area contributed by atoms with Crippen LogP contribution in [0.1, 0.15) is 45.4 Å². The maximum absolute atomic E-state index is 12.2. The molecule has 1 aliphatic carbocycles. The fourth-order valence-corrected chi connectivity index (χ4v) is 3.25. The van der Waals surface area contributed by atoms with E-state index in [4.69, 9.17) is 21.1 Å². The summed E-state index contributed by atoms with van der Waals surface area (Å²) in [6.45, 7) is 3.72. The number of halogens is 1. The van der Waals surface area contributed by atoms with Gasteiger partial charge in [0.2, 0.25) is 5.91 Å². The van der Waals surface area contributed by atoms with Crippen molar-refractivity contribution in [1.29, 1.82) is 0 Å². The molecule has 0 unspecified atom stereocenters. The van der Waals surface area contributed by atoms with E-state index in [0.29, 0.717) is 36.6 Å². The van der Waals surface area contributed by atoms with E-state index >= 15 is 0 Å². The largest absolute Gasteiger partial charge is 0.487 e. The Kier molecular flexibility index (Phi) is 8.91. The average Bonchev–Trinajstić information content (AvgIpc) is 2.87. The Balaban J connectivity index is 1.84. The van der Waals surface area contributed by atoms with Gasteiger partial charge in [-0.05, 0) is 31.9 Å². The Morgan fingerprint density at radius 2 is 1.96 bits per heavy atom. The van der Waals surface area contributed by atoms with Crippen LogP contribution < -0.4 is 15.4 Å². The van der Waals surface area contributed by atoms with Crippen LogP contribution in [0.2, 0.25) is 5.02 Å². The van der Waals surface area contributed by atoms with Gasteiger partial charge in [0.1, 0.15) is 6.61 Å². The fraction of sp³-hybridized carbons (Fsp3) is 0.632. The van der Waals surface area contributed by atoms with E-state index < -0.39 is 0 Å². The van der Waals surface area contributed by atoms with Crippen LogP contribution in [0.5, 0.6) is 5.75 Å². The molecule has 0 atom stereocenters. The highest BCUT2D eigenvalue weighted by molar-refractivity contribution is 6.32. The van der Waals surface area contributed by atoms with Crippen molar-refractivity contribution in [3.63, 3.8) is 0 Å². The van der Waals surface area contributed by atoms with Crippen molar-refractivity contribution in [2.75, 3.05) is 31.7 Å². The lowest BCUT2D eigenvalue weighted by Crippen LogP contribution is -2.38. The molecule has 2 rings (SSSR count). The molecule has 1 aromatic carbocycles. The van der Waals surface area contributed by atoms with E-state index in [1.807, 2.05) is 19.1 Å². The number of carbonyl (C=O) groups excluding carboxylic acids is 1. The zero-order valence-electron chi connectivity index (χ0n) is 15.0. The lowest BCUT2D eigenvalue weighted by atomic mass is 10.1. The van der Waals surface area contributed by atoms with Crippen LogP contribution in [-0.2, 0) is 9.53 Å². The highest BCUT2D eigenvalue weighted by Gasteiger charge is 2.15. The van der Waals surface area contributed by atoms with Crippen molar-refractivity contribution in [1.82, 2.24) is 5.32 Å². The zero-order chi connectivity index (χ0) is 17.9. The molecule has 2 N–H and O–H groups in total. The van der Waals surface area contributed by atoms with Crippen LogP contribution in [0.25, 0.3) is 0 Å². The predicted molar refractivity (Wildman–Crippen MR) is 102 cm³/mol. The molecule has 0 heterocycles. The molecule has 1 saturated carbocycles. The first-order valence-electron chi connectivity index (χ1n) is 9.23. The summed E-state index contributed by atoms with van der Waals surface area (Å²) in [5.74, 6) is 0.568. The van der Waals surface area contributed by atoms with Gasteiger partial charge in [-0.1, -0.05) is 43.4 Å². The number of hydrogen-bond acceptors (Lipinski definition) is 4. The average molecular weight is 369 g/mol. The number of rotatable bonds is 9. The molecule has 1 aromatic rings. The molecule has 0 aliphatic heterocycles. The summed E-state index contributed by atoms with van der Waals surface area (Å²) in [7, 11) is 0. The number of anilines is 1. The minimum Gasteiger partial charge on any atom is -0.487 e. The Hall–Kier alpha value is -1.46. The molecule has 0 radical (unpaired) electrons. The third-order valence-corrected chi connectivity index (χ3v) is 4.60. The number of benzene rings is 1. The van der Waals surface area contributed by atoms with Gasteiger partial charge in [-0.2, -0.15) is 0 Å². The van der Waals surface area contributed by atoms with Gasteiger partial charge >= 0.3 is 0 Å². The second-order valence-electron chi connectivity index (χ2n) is 6.27. The summed E-state index contributed by atoms with van der Waals surface area (Å²) in [5, 5.41) is 6.78. The van der Waals surface area contributed by atoms with Crippen molar-refractivity contribution in [2.45, 2.75) is 51.5 Å². The summed E-state index contributed by atoms with van der Waals surface area (Å²) < 4.78 is 11.0. The van der Waals surface area contributed by atoms with Crippen LogP contribution in [-0.4, -0.2) is 38.3 Å². The smallest absolute Gasteiger partial charge is 0.239 e. The van der Waals surface area contributed by atoms with E-state index in [1.165, 1.54) is 25.7 Å². The Morgan fingerprint density at radius 1 is 1.20 bits per heavy atom. The summed E-state index contributed by atoms with van der Waals surface area (Å²) in [6.07, 6.45) is 7.10. The molecule has 0 spiro atoms. The quantitative estimate of drug-likeness (QED) is 0.510. The Labute approximate surface area is 155 Å². The van der Waals surface area contributed by atoms with Gasteiger partial charge in [0.15, 0.2) is 5.75 Å². The van der Waals surface area contributed by atoms with E-state index in [0.717, 1.165) is 18.5 Å². The van der Waals surface area contributed by atoms with E-state index in [2.05, 4.69) is 10.6 Å². The van der Waals surface area contributed by atoms with Crippen LogP contribution in [0.15, 0.2) is 18.2 Å². The molecular weight excluding hydrogens is 340 g/mol. The molecule has 0 saturated heterocycles. The molecule has 1 aliphatic rings. The van der Waals surface area contributed by atoms with Crippen molar-refractivity contribution in [2.24, 2.45) is 0 Å². The van der Waals surface area contributed by atoms with Crippen LogP contribution in [0, 0.1) is 0 Å². The molecule has 1 amide bonds. The summed E-state index contributed by atoms with van der Waals surface area (Å²) in [4.78, 5) is 12.2. The highest BCUT2D eigenvalue weighted by atomic mass is 35.5. The third-order valence-electron chi connectivity index (χ3n) is 4.30. The molecular formula is C19H29ClN2O3. The Bertz CT molecular complexity index is 531. The van der Waals surface area contributed by atoms with Crippen molar-refractivity contribution >= 4 is 23.2 Å². The maximum Gasteiger partial charge on any atom is 0.239 e. The molecule has 140 valence electrons. The highest BCUT2D eigenvalue weighted by Crippen LogP contribution is 2.32. The van der Waals surface area contributed by atoms with Gasteiger partial charge in [-0.15, -0.1) is 0 Å². The zero-order valence-corrected chi connectivity index (χ0v) is 15.7. The number of nitrogens with one attached hydrogen (secondary N) is 2. The minimum atomic E-state index is 0.00661. The molecule has 5 nitrogen and oxygen atoms in total. The number of ether oxygens (including phenoxy) is 2. The fourth-order valence-electron chi connectivity index (χ4n) is 3.02. The van der Waals surface area contributed by atoms with E-state index in [1.54, 1.807) is 6.07 Å². The first kappa shape index (κ1) is 19.9. The number of para-hydroxylation sites is 1. The number of carbonyl (C=O) groups is 1. The first-order valence-corrected chi connectivity index (χ1v) is 9.60. The van der Waals surface area contributed by atoms with Crippen molar-refractivity contribution in [3.05, 3.63) is 23.2 Å².